The molecular formula is C13H11N5S. The van der Waals surface area contributed by atoms with Crippen molar-refractivity contribution in [3.05, 3.63) is 23.8 Å². The van der Waals surface area contributed by atoms with Crippen LogP contribution in [0.15, 0.2) is 23.4 Å². The zero-order valence-corrected chi connectivity index (χ0v) is 11.2. The average Bonchev–Trinajstić information content (AvgIpc) is 2.81. The molecule has 1 N–H and O–H groups in total. The van der Waals surface area contributed by atoms with Crippen LogP contribution < -0.4 is 0 Å². The van der Waals surface area contributed by atoms with Gasteiger partial charge in [-0.15, -0.1) is 10.2 Å². The van der Waals surface area contributed by atoms with Gasteiger partial charge in [0.1, 0.15) is 5.52 Å². The molecule has 0 saturated heterocycles. The average molecular weight is 269 g/mol. The van der Waals surface area contributed by atoms with Gasteiger partial charge in [0.25, 0.3) is 0 Å². The fourth-order valence-corrected chi connectivity index (χ4v) is 2.43. The first-order valence-electron chi connectivity index (χ1n) is 5.96. The molecule has 0 radical (unpaired) electrons. The van der Waals surface area contributed by atoms with Gasteiger partial charge in [-0.2, -0.15) is 5.26 Å². The van der Waals surface area contributed by atoms with Gasteiger partial charge in [-0.3, -0.25) is 0 Å². The fourth-order valence-electron chi connectivity index (χ4n) is 1.98. The molecule has 0 bridgehead atoms. The summed E-state index contributed by atoms with van der Waals surface area (Å²) in [5, 5.41) is 18.4. The smallest absolute Gasteiger partial charge is 0.212 e. The van der Waals surface area contributed by atoms with E-state index >= 15 is 0 Å². The third-order valence-corrected chi connectivity index (χ3v) is 3.64. The van der Waals surface area contributed by atoms with Crippen molar-refractivity contribution in [2.75, 3.05) is 5.75 Å². The molecule has 94 valence electrons. The van der Waals surface area contributed by atoms with Gasteiger partial charge in [0, 0.05) is 10.9 Å². The van der Waals surface area contributed by atoms with Gasteiger partial charge in [-0.05, 0) is 24.1 Å². The van der Waals surface area contributed by atoms with Crippen molar-refractivity contribution in [3.8, 4) is 6.07 Å². The Morgan fingerprint density at radius 2 is 2.26 bits per heavy atom. The number of nitriles is 1. The molecule has 0 saturated carbocycles. The Kier molecular flexibility index (Phi) is 3.05. The molecule has 1 aromatic carbocycles. The maximum Gasteiger partial charge on any atom is 0.212 e. The standard InChI is InChI=1S/C13H11N5S/c1-2-8-3-4-10-9(7-8)11-12(15-10)16-13(18-17-11)19-6-5-14/h3-4,7H,2,6H2,1H3,(H,15,16,18). The summed E-state index contributed by atoms with van der Waals surface area (Å²) in [6.07, 6.45) is 0.986. The molecule has 0 spiro atoms. The molecule has 6 heteroatoms. The van der Waals surface area contributed by atoms with E-state index < -0.39 is 0 Å². The van der Waals surface area contributed by atoms with E-state index in [1.165, 1.54) is 17.3 Å². The number of aromatic nitrogens is 4. The maximum absolute atomic E-state index is 8.56. The SMILES string of the molecule is CCc1ccc2[nH]c3nc(SCC#N)nnc3c2c1. The van der Waals surface area contributed by atoms with Gasteiger partial charge in [0.2, 0.25) is 5.16 Å². The predicted octanol–water partition coefficient (Wildman–Crippen LogP) is 2.68. The molecule has 0 fully saturated rings. The molecule has 0 unspecified atom stereocenters. The largest absolute Gasteiger partial charge is 0.338 e. The first-order chi connectivity index (χ1) is 9.31. The van der Waals surface area contributed by atoms with E-state index in [0.29, 0.717) is 10.9 Å². The molecule has 0 aliphatic carbocycles. The lowest BCUT2D eigenvalue weighted by molar-refractivity contribution is 0.879. The highest BCUT2D eigenvalue weighted by Gasteiger charge is 2.09. The maximum atomic E-state index is 8.56. The van der Waals surface area contributed by atoms with Crippen LogP contribution in [0.5, 0.6) is 0 Å². The van der Waals surface area contributed by atoms with Crippen molar-refractivity contribution in [1.29, 1.82) is 5.26 Å². The summed E-state index contributed by atoms with van der Waals surface area (Å²) in [6, 6.07) is 8.30. The van der Waals surface area contributed by atoms with Crippen molar-refractivity contribution >= 4 is 33.8 Å². The lowest BCUT2D eigenvalue weighted by Crippen LogP contribution is -1.91. The first kappa shape index (κ1) is 11.9. The summed E-state index contributed by atoms with van der Waals surface area (Å²) in [7, 11) is 0. The third kappa shape index (κ3) is 2.13. The Labute approximate surface area is 114 Å². The molecule has 3 rings (SSSR count). The van der Waals surface area contributed by atoms with E-state index in [2.05, 4.69) is 45.3 Å². The van der Waals surface area contributed by atoms with Gasteiger partial charge in [0.15, 0.2) is 5.65 Å². The zero-order chi connectivity index (χ0) is 13.2. The van der Waals surface area contributed by atoms with Crippen LogP contribution in [0.25, 0.3) is 22.1 Å². The molecule has 3 aromatic rings. The Balaban J connectivity index is 2.15. The summed E-state index contributed by atoms with van der Waals surface area (Å²) in [6.45, 7) is 2.12. The molecule has 0 aliphatic heterocycles. The van der Waals surface area contributed by atoms with Crippen LogP contribution in [0.3, 0.4) is 0 Å². The minimum absolute atomic E-state index is 0.327. The summed E-state index contributed by atoms with van der Waals surface area (Å²) >= 11 is 1.29. The highest BCUT2D eigenvalue weighted by atomic mass is 32.2. The molecule has 19 heavy (non-hydrogen) atoms. The number of rotatable bonds is 3. The van der Waals surface area contributed by atoms with Crippen molar-refractivity contribution in [3.63, 3.8) is 0 Å². The summed E-state index contributed by atoms with van der Waals surface area (Å²) in [5.74, 6) is 0.327. The third-order valence-electron chi connectivity index (χ3n) is 2.93. The second-order valence-corrected chi connectivity index (χ2v) is 5.04. The van der Waals surface area contributed by atoms with Crippen molar-refractivity contribution in [2.24, 2.45) is 0 Å². The predicted molar refractivity (Wildman–Crippen MR) is 74.9 cm³/mol. The van der Waals surface area contributed by atoms with Crippen LogP contribution in [0.2, 0.25) is 0 Å². The molecule has 0 aliphatic rings. The number of aryl methyl sites for hydroxylation is 1. The van der Waals surface area contributed by atoms with Crippen LogP contribution in [-0.4, -0.2) is 25.9 Å². The van der Waals surface area contributed by atoms with Crippen LogP contribution in [-0.2, 0) is 6.42 Å². The lowest BCUT2D eigenvalue weighted by Gasteiger charge is -1.96. The van der Waals surface area contributed by atoms with Gasteiger partial charge in [-0.1, -0.05) is 24.8 Å². The second kappa shape index (κ2) is 4.86. The van der Waals surface area contributed by atoms with E-state index in [1.807, 2.05) is 6.07 Å². The molecule has 0 amide bonds. The number of thioether (sulfide) groups is 1. The van der Waals surface area contributed by atoms with Crippen molar-refractivity contribution in [1.82, 2.24) is 20.2 Å². The van der Waals surface area contributed by atoms with Gasteiger partial charge >= 0.3 is 0 Å². The molecule has 2 heterocycles. The number of aromatic amines is 1. The number of hydrogen-bond donors (Lipinski definition) is 1. The Bertz CT molecular complexity index is 787. The van der Waals surface area contributed by atoms with Crippen LogP contribution in [0.4, 0.5) is 0 Å². The Morgan fingerprint density at radius 3 is 3.05 bits per heavy atom. The van der Waals surface area contributed by atoms with Crippen LogP contribution >= 0.6 is 11.8 Å². The molecule has 2 aromatic heterocycles. The number of benzene rings is 1. The van der Waals surface area contributed by atoms with Crippen LogP contribution in [0.1, 0.15) is 12.5 Å². The topological polar surface area (TPSA) is 78.2 Å². The second-order valence-electron chi connectivity index (χ2n) is 4.10. The number of nitrogens with zero attached hydrogens (tertiary/aromatic N) is 4. The number of nitrogens with one attached hydrogen (secondary N) is 1. The highest BCUT2D eigenvalue weighted by Crippen LogP contribution is 2.24. The van der Waals surface area contributed by atoms with Gasteiger partial charge in [0.05, 0.1) is 11.8 Å². The Hall–Kier alpha value is -2.13. The van der Waals surface area contributed by atoms with E-state index in [1.54, 1.807) is 0 Å². The van der Waals surface area contributed by atoms with Crippen molar-refractivity contribution in [2.45, 2.75) is 18.5 Å². The number of hydrogen-bond acceptors (Lipinski definition) is 5. The zero-order valence-electron chi connectivity index (χ0n) is 10.3. The van der Waals surface area contributed by atoms with Gasteiger partial charge < -0.3 is 4.98 Å². The summed E-state index contributed by atoms with van der Waals surface area (Å²) in [4.78, 5) is 7.62. The van der Waals surface area contributed by atoms with E-state index in [9.17, 15) is 0 Å². The van der Waals surface area contributed by atoms with Crippen LogP contribution in [0, 0.1) is 11.3 Å². The molecule has 0 atom stereocenters. The molecule has 5 nitrogen and oxygen atoms in total. The molecular weight excluding hydrogens is 258 g/mol. The van der Waals surface area contributed by atoms with Gasteiger partial charge in [-0.25, -0.2) is 4.98 Å². The number of fused-ring (bicyclic) bond motifs is 3. The summed E-state index contributed by atoms with van der Waals surface area (Å²) in [5.41, 5.74) is 3.78. The van der Waals surface area contributed by atoms with E-state index in [-0.39, 0.29) is 0 Å². The normalized spacial score (nSPS) is 10.9. The van der Waals surface area contributed by atoms with Crippen molar-refractivity contribution < 1.29 is 0 Å². The minimum Gasteiger partial charge on any atom is -0.338 e. The monoisotopic (exact) mass is 269 g/mol. The minimum atomic E-state index is 0.327. The number of H-pyrrole nitrogens is 1. The quantitative estimate of drug-likeness (QED) is 0.739. The first-order valence-corrected chi connectivity index (χ1v) is 6.95. The Morgan fingerprint density at radius 1 is 1.37 bits per heavy atom. The van der Waals surface area contributed by atoms with E-state index in [0.717, 1.165) is 28.5 Å². The highest BCUT2D eigenvalue weighted by molar-refractivity contribution is 7.99. The lowest BCUT2D eigenvalue weighted by atomic mass is 10.1. The van der Waals surface area contributed by atoms with E-state index in [4.69, 9.17) is 5.26 Å². The summed E-state index contributed by atoms with van der Waals surface area (Å²) < 4.78 is 0. The fraction of sp³-hybridized carbons (Fsp3) is 0.231.